The van der Waals surface area contributed by atoms with E-state index in [1.54, 1.807) is 0 Å². The van der Waals surface area contributed by atoms with E-state index in [2.05, 4.69) is 211 Å². The molecule has 2 nitrogen and oxygen atoms in total. The van der Waals surface area contributed by atoms with Crippen LogP contribution in [-0.4, -0.2) is 0 Å². The molecule has 2 heteroatoms. The number of fused-ring (bicyclic) bond motifs is 5. The quantitative estimate of drug-likeness (QED) is 0.126. The summed E-state index contributed by atoms with van der Waals surface area (Å²) in [5.74, 6) is 0. The second-order valence-corrected chi connectivity index (χ2v) is 14.5. The van der Waals surface area contributed by atoms with Crippen molar-refractivity contribution in [1.29, 1.82) is 0 Å². The van der Waals surface area contributed by atoms with Crippen LogP contribution < -0.4 is 15.3 Å². The minimum atomic E-state index is -0.138. The second kappa shape index (κ2) is 12.8. The van der Waals surface area contributed by atoms with Gasteiger partial charge < -0.3 is 0 Å². The third-order valence-electron chi connectivity index (χ3n) is 11.3. The lowest BCUT2D eigenvalue weighted by Crippen LogP contribution is -2.31. The Hall–Kier alpha value is -7.16. The lowest BCUT2D eigenvalue weighted by atomic mass is 9.84. The maximum absolute atomic E-state index is 5.20. The first-order chi connectivity index (χ1) is 27.3. The number of benzene rings is 10. The first kappa shape index (κ1) is 31.4. The van der Waals surface area contributed by atoms with E-state index in [-0.39, 0.29) is 6.17 Å². The molecular formula is C53H35N2+. The van der Waals surface area contributed by atoms with Crippen molar-refractivity contribution >= 4 is 48.8 Å². The van der Waals surface area contributed by atoms with Crippen molar-refractivity contribution in [3.8, 4) is 33.4 Å². The fraction of sp³-hybridized carbons (Fsp3) is 0.0189. The molecule has 1 heterocycles. The lowest BCUT2D eigenvalue weighted by molar-refractivity contribution is 0.592. The van der Waals surface area contributed by atoms with Crippen LogP contribution in [0.1, 0.15) is 11.7 Å². The fourth-order valence-electron chi connectivity index (χ4n) is 8.71. The Morgan fingerprint density at radius 1 is 0.345 bits per heavy atom. The van der Waals surface area contributed by atoms with Crippen molar-refractivity contribution in [3.05, 3.63) is 223 Å². The highest BCUT2D eigenvalue weighted by Gasteiger charge is 2.30. The van der Waals surface area contributed by atoms with Crippen molar-refractivity contribution in [2.45, 2.75) is 6.17 Å². The Kier molecular flexibility index (Phi) is 7.28. The normalized spacial score (nSPS) is 13.7. The van der Waals surface area contributed by atoms with Crippen LogP contribution in [0.4, 0.5) is 5.69 Å². The van der Waals surface area contributed by atoms with Gasteiger partial charge in [0, 0.05) is 23.8 Å². The lowest BCUT2D eigenvalue weighted by Gasteiger charge is -2.19. The molecule has 0 aliphatic carbocycles. The molecule has 0 saturated carbocycles. The smallest absolute Gasteiger partial charge is 0.206 e. The maximum Gasteiger partial charge on any atom is 0.279 e. The molecular weight excluding hydrogens is 665 g/mol. The van der Waals surface area contributed by atoms with Crippen LogP contribution in [0, 0.1) is 0 Å². The van der Waals surface area contributed by atoms with Gasteiger partial charge in [-0.1, -0.05) is 152 Å². The first-order valence-corrected chi connectivity index (χ1v) is 19.0. The van der Waals surface area contributed by atoms with Crippen molar-refractivity contribution in [3.63, 3.8) is 0 Å². The van der Waals surface area contributed by atoms with Gasteiger partial charge in [0.25, 0.3) is 6.17 Å². The molecule has 0 aromatic heterocycles. The number of nitrogens with zero attached hydrogens (tertiary/aromatic N) is 2. The van der Waals surface area contributed by atoms with Gasteiger partial charge in [-0.25, -0.2) is 4.99 Å². The average Bonchev–Trinajstić information content (AvgIpc) is 3.65. The molecule has 1 unspecified atom stereocenters. The molecule has 0 bridgehead atoms. The van der Waals surface area contributed by atoms with Gasteiger partial charge in [-0.2, -0.15) is 4.58 Å². The van der Waals surface area contributed by atoms with Crippen molar-refractivity contribution < 1.29 is 0 Å². The van der Waals surface area contributed by atoms with E-state index in [1.165, 1.54) is 76.5 Å². The largest absolute Gasteiger partial charge is 0.279 e. The SMILES string of the molecule is c1ccc([N+]2=c3ccccc3=NC2c2ccc(-c3ccc4c(-c5ccc6ccccc6c5)c5ccccc5c(-c5ccc6ccccc6c5)c4c3)cc2)cc1. The van der Waals surface area contributed by atoms with E-state index in [1.807, 2.05) is 0 Å². The average molecular weight is 700 g/mol. The van der Waals surface area contributed by atoms with E-state index in [0.29, 0.717) is 0 Å². The van der Waals surface area contributed by atoms with Crippen LogP contribution in [-0.2, 0) is 0 Å². The van der Waals surface area contributed by atoms with E-state index in [9.17, 15) is 0 Å². The minimum Gasteiger partial charge on any atom is -0.206 e. The summed E-state index contributed by atoms with van der Waals surface area (Å²) in [6, 6.07) is 75.1. The van der Waals surface area contributed by atoms with Crippen LogP contribution >= 0.6 is 0 Å². The molecule has 55 heavy (non-hydrogen) atoms. The number of para-hydroxylation sites is 3. The van der Waals surface area contributed by atoms with Crippen LogP contribution in [0.25, 0.3) is 76.5 Å². The molecule has 0 amide bonds. The zero-order valence-corrected chi connectivity index (χ0v) is 30.1. The third kappa shape index (κ3) is 5.26. The van der Waals surface area contributed by atoms with Gasteiger partial charge in [0.1, 0.15) is 5.36 Å². The minimum absolute atomic E-state index is 0.138. The van der Waals surface area contributed by atoms with Crippen LogP contribution in [0.2, 0.25) is 0 Å². The molecule has 1 atom stereocenters. The third-order valence-corrected chi connectivity index (χ3v) is 11.3. The molecule has 10 aromatic rings. The Morgan fingerprint density at radius 2 is 0.855 bits per heavy atom. The fourth-order valence-corrected chi connectivity index (χ4v) is 8.71. The maximum atomic E-state index is 5.20. The summed E-state index contributed by atoms with van der Waals surface area (Å²) in [4.78, 5) is 5.20. The monoisotopic (exact) mass is 699 g/mol. The highest BCUT2D eigenvalue weighted by Crippen LogP contribution is 2.45. The molecule has 0 radical (unpaired) electrons. The predicted octanol–water partition coefficient (Wildman–Crippen LogP) is 12.5. The molecule has 10 aromatic carbocycles. The summed E-state index contributed by atoms with van der Waals surface area (Å²) in [6.07, 6.45) is -0.138. The van der Waals surface area contributed by atoms with E-state index in [0.717, 1.165) is 22.0 Å². The van der Waals surface area contributed by atoms with Gasteiger partial charge in [0.05, 0.1) is 0 Å². The van der Waals surface area contributed by atoms with Crippen molar-refractivity contribution in [1.82, 2.24) is 4.58 Å². The van der Waals surface area contributed by atoms with Gasteiger partial charge in [0.2, 0.25) is 11.0 Å². The van der Waals surface area contributed by atoms with E-state index in [4.69, 9.17) is 4.99 Å². The number of rotatable bonds is 5. The molecule has 0 fully saturated rings. The molecule has 0 N–H and O–H groups in total. The zero-order chi connectivity index (χ0) is 36.3. The standard InChI is InChI=1S/C53H35N2/c1-2-16-44(17-3-1)55-50-21-11-10-20-49(50)54-53(55)38-26-22-37(23-27-38)41-30-31-47-48(34-41)52(43-29-25-36-13-5-7-15-40(36)33-43)46-19-9-8-18-45(46)51(47)42-28-24-35-12-4-6-14-39(35)32-42/h1-34,53H/q+1. The Bertz CT molecular complexity index is 3250. The molecule has 1 aliphatic rings. The molecule has 1 aliphatic heterocycles. The molecule has 11 rings (SSSR count). The van der Waals surface area contributed by atoms with Crippen molar-refractivity contribution in [2.75, 3.05) is 0 Å². The number of hydrogen-bond acceptors (Lipinski definition) is 1. The molecule has 0 saturated heterocycles. The summed E-state index contributed by atoms with van der Waals surface area (Å²) < 4.78 is 2.34. The van der Waals surface area contributed by atoms with Gasteiger partial charge in [0.15, 0.2) is 0 Å². The summed E-state index contributed by atoms with van der Waals surface area (Å²) in [5.41, 5.74) is 9.64. The topological polar surface area (TPSA) is 15.4 Å². The Labute approximate surface area is 319 Å². The zero-order valence-electron chi connectivity index (χ0n) is 30.1. The molecule has 0 spiro atoms. The first-order valence-electron chi connectivity index (χ1n) is 19.0. The molecule has 256 valence electrons. The Morgan fingerprint density at radius 3 is 1.53 bits per heavy atom. The van der Waals surface area contributed by atoms with E-state index < -0.39 is 0 Å². The van der Waals surface area contributed by atoms with Gasteiger partial charge in [-0.05, 0) is 113 Å². The highest BCUT2D eigenvalue weighted by atomic mass is 15.2. The summed E-state index contributed by atoms with van der Waals surface area (Å²) in [6.45, 7) is 0. The highest BCUT2D eigenvalue weighted by molar-refractivity contribution is 6.22. The predicted molar refractivity (Wildman–Crippen MR) is 230 cm³/mol. The summed E-state index contributed by atoms with van der Waals surface area (Å²) >= 11 is 0. The summed E-state index contributed by atoms with van der Waals surface area (Å²) in [7, 11) is 0. The van der Waals surface area contributed by atoms with E-state index >= 15 is 0 Å². The van der Waals surface area contributed by atoms with Gasteiger partial charge >= 0.3 is 0 Å². The second-order valence-electron chi connectivity index (χ2n) is 14.5. The van der Waals surface area contributed by atoms with Crippen LogP contribution in [0.5, 0.6) is 0 Å². The van der Waals surface area contributed by atoms with Crippen LogP contribution in [0.3, 0.4) is 0 Å². The van der Waals surface area contributed by atoms with Crippen LogP contribution in [0.15, 0.2) is 211 Å². The van der Waals surface area contributed by atoms with Gasteiger partial charge in [-0.3, -0.25) is 0 Å². The Balaban J connectivity index is 1.11. The van der Waals surface area contributed by atoms with Gasteiger partial charge in [-0.15, -0.1) is 0 Å². The summed E-state index contributed by atoms with van der Waals surface area (Å²) in [5, 5.41) is 12.1. The van der Waals surface area contributed by atoms with Crippen molar-refractivity contribution in [2.24, 2.45) is 4.99 Å². The number of hydrogen-bond donors (Lipinski definition) is 0.